The molecule has 0 unspecified atom stereocenters. The normalized spacial score (nSPS) is 9.79. The van der Waals surface area contributed by atoms with E-state index in [4.69, 9.17) is 0 Å². The first-order chi connectivity index (χ1) is 6.83. The van der Waals surface area contributed by atoms with Crippen molar-refractivity contribution < 1.29 is 4.79 Å². The summed E-state index contributed by atoms with van der Waals surface area (Å²) in [5, 5.41) is 2.79. The van der Waals surface area contributed by atoms with Crippen LogP contribution in [0.2, 0.25) is 0 Å². The molecule has 1 aromatic rings. The Morgan fingerprint density at radius 3 is 3.14 bits per heavy atom. The first-order valence-corrected chi connectivity index (χ1v) is 5.91. The summed E-state index contributed by atoms with van der Waals surface area (Å²) in [6.07, 6.45) is 6.87. The number of hydrogen-bond acceptors (Lipinski definition) is 3. The van der Waals surface area contributed by atoms with Crippen molar-refractivity contribution in [3.05, 3.63) is 24.5 Å². The van der Waals surface area contributed by atoms with Crippen molar-refractivity contribution in [1.82, 2.24) is 4.98 Å². The highest BCUT2D eigenvalue weighted by Crippen LogP contribution is 2.05. The molecule has 76 valence electrons. The van der Waals surface area contributed by atoms with Crippen LogP contribution in [0, 0.1) is 0 Å². The average molecular weight is 210 g/mol. The van der Waals surface area contributed by atoms with E-state index in [1.165, 1.54) is 0 Å². The molecule has 0 aliphatic rings. The highest BCUT2D eigenvalue weighted by atomic mass is 32.2. The highest BCUT2D eigenvalue weighted by Gasteiger charge is 2.00. The molecule has 3 nitrogen and oxygen atoms in total. The van der Waals surface area contributed by atoms with Crippen molar-refractivity contribution in [3.8, 4) is 0 Å². The molecule has 1 rings (SSSR count). The van der Waals surface area contributed by atoms with Crippen molar-refractivity contribution in [2.75, 3.05) is 17.3 Å². The number of carbonyl (C=O) groups is 1. The second kappa shape index (κ2) is 6.43. The number of anilines is 1. The van der Waals surface area contributed by atoms with Gasteiger partial charge in [-0.2, -0.15) is 11.8 Å². The van der Waals surface area contributed by atoms with Gasteiger partial charge in [-0.05, 0) is 30.6 Å². The third kappa shape index (κ3) is 4.28. The van der Waals surface area contributed by atoms with Crippen LogP contribution in [-0.4, -0.2) is 22.9 Å². The maximum absolute atomic E-state index is 11.3. The summed E-state index contributed by atoms with van der Waals surface area (Å²) in [6.45, 7) is 0. The quantitative estimate of drug-likeness (QED) is 0.757. The molecule has 0 spiro atoms. The second-order valence-electron chi connectivity index (χ2n) is 2.89. The van der Waals surface area contributed by atoms with Crippen molar-refractivity contribution in [1.29, 1.82) is 0 Å². The number of carbonyl (C=O) groups excluding carboxylic acids is 1. The van der Waals surface area contributed by atoms with E-state index in [2.05, 4.69) is 10.3 Å². The summed E-state index contributed by atoms with van der Waals surface area (Å²) in [6, 6.07) is 3.64. The minimum atomic E-state index is 0.0621. The zero-order valence-electron chi connectivity index (χ0n) is 8.19. The molecule has 0 aromatic carbocycles. The second-order valence-corrected chi connectivity index (χ2v) is 3.87. The number of hydrogen-bond donors (Lipinski definition) is 1. The zero-order chi connectivity index (χ0) is 10.2. The Morgan fingerprint density at radius 1 is 1.64 bits per heavy atom. The van der Waals surface area contributed by atoms with Crippen molar-refractivity contribution in [3.63, 3.8) is 0 Å². The smallest absolute Gasteiger partial charge is 0.224 e. The van der Waals surface area contributed by atoms with E-state index in [9.17, 15) is 4.79 Å². The lowest BCUT2D eigenvalue weighted by atomic mass is 10.3. The summed E-state index contributed by atoms with van der Waals surface area (Å²) in [7, 11) is 0. The van der Waals surface area contributed by atoms with Gasteiger partial charge in [0, 0.05) is 12.6 Å². The molecule has 0 fully saturated rings. The van der Waals surface area contributed by atoms with E-state index in [1.807, 2.05) is 12.3 Å². The molecule has 0 bridgehead atoms. The molecule has 0 saturated carbocycles. The summed E-state index contributed by atoms with van der Waals surface area (Å²) < 4.78 is 0. The SMILES string of the molecule is CSCCCC(=O)Nc1cccnc1. The highest BCUT2D eigenvalue weighted by molar-refractivity contribution is 7.98. The lowest BCUT2D eigenvalue weighted by Crippen LogP contribution is -2.11. The molecule has 0 radical (unpaired) electrons. The average Bonchev–Trinajstić information content (AvgIpc) is 2.20. The third-order valence-corrected chi connectivity index (χ3v) is 2.39. The molecular weight excluding hydrogens is 196 g/mol. The number of amides is 1. The van der Waals surface area contributed by atoms with Crippen LogP contribution in [0.5, 0.6) is 0 Å². The zero-order valence-corrected chi connectivity index (χ0v) is 9.01. The lowest BCUT2D eigenvalue weighted by molar-refractivity contribution is -0.116. The van der Waals surface area contributed by atoms with Gasteiger partial charge in [-0.1, -0.05) is 0 Å². The molecule has 1 heterocycles. The summed E-state index contributed by atoms with van der Waals surface area (Å²) in [5.41, 5.74) is 0.765. The van der Waals surface area contributed by atoms with Crippen molar-refractivity contribution >= 4 is 23.4 Å². The first-order valence-electron chi connectivity index (χ1n) is 4.52. The van der Waals surface area contributed by atoms with E-state index < -0.39 is 0 Å². The fraction of sp³-hybridized carbons (Fsp3) is 0.400. The lowest BCUT2D eigenvalue weighted by Gasteiger charge is -2.03. The number of pyridine rings is 1. The molecule has 14 heavy (non-hydrogen) atoms. The molecule has 1 N–H and O–H groups in total. The van der Waals surface area contributed by atoms with Gasteiger partial charge in [-0.3, -0.25) is 9.78 Å². The molecule has 0 aliphatic carbocycles. The fourth-order valence-electron chi connectivity index (χ4n) is 1.04. The number of thioether (sulfide) groups is 1. The number of nitrogens with zero attached hydrogens (tertiary/aromatic N) is 1. The minimum absolute atomic E-state index is 0.0621. The van der Waals surface area contributed by atoms with Crippen LogP contribution in [-0.2, 0) is 4.79 Å². The summed E-state index contributed by atoms with van der Waals surface area (Å²) in [5.74, 6) is 1.09. The fourth-order valence-corrected chi connectivity index (χ4v) is 1.47. The van der Waals surface area contributed by atoms with Gasteiger partial charge >= 0.3 is 0 Å². The Kier molecular flexibility index (Phi) is 5.07. The molecule has 0 saturated heterocycles. The summed E-state index contributed by atoms with van der Waals surface area (Å²) in [4.78, 5) is 15.3. The van der Waals surface area contributed by atoms with E-state index in [0.29, 0.717) is 6.42 Å². The molecular formula is C10H14N2OS. The number of rotatable bonds is 5. The van der Waals surface area contributed by atoms with Gasteiger partial charge in [0.25, 0.3) is 0 Å². The van der Waals surface area contributed by atoms with Crippen LogP contribution in [0.25, 0.3) is 0 Å². The standard InChI is InChI=1S/C10H14N2OS/c1-14-7-3-5-10(13)12-9-4-2-6-11-8-9/h2,4,6,8H,3,5,7H2,1H3,(H,12,13). The number of nitrogens with one attached hydrogen (secondary N) is 1. The van der Waals surface area contributed by atoms with E-state index in [1.54, 1.807) is 30.2 Å². The molecule has 0 aliphatic heterocycles. The van der Waals surface area contributed by atoms with E-state index in [0.717, 1.165) is 17.9 Å². The van der Waals surface area contributed by atoms with Gasteiger partial charge in [0.05, 0.1) is 11.9 Å². The summed E-state index contributed by atoms with van der Waals surface area (Å²) >= 11 is 1.76. The topological polar surface area (TPSA) is 42.0 Å². The molecule has 1 amide bonds. The molecule has 1 aromatic heterocycles. The van der Waals surface area contributed by atoms with Crippen LogP contribution in [0.1, 0.15) is 12.8 Å². The van der Waals surface area contributed by atoms with Gasteiger partial charge in [0.2, 0.25) is 5.91 Å². The molecule has 0 atom stereocenters. The largest absolute Gasteiger partial charge is 0.325 e. The van der Waals surface area contributed by atoms with Crippen molar-refractivity contribution in [2.45, 2.75) is 12.8 Å². The van der Waals surface area contributed by atoms with Gasteiger partial charge in [0.1, 0.15) is 0 Å². The van der Waals surface area contributed by atoms with Gasteiger partial charge in [-0.15, -0.1) is 0 Å². The maximum Gasteiger partial charge on any atom is 0.224 e. The Balaban J connectivity index is 2.27. The predicted octanol–water partition coefficient (Wildman–Crippen LogP) is 2.16. The van der Waals surface area contributed by atoms with E-state index in [-0.39, 0.29) is 5.91 Å². The van der Waals surface area contributed by atoms with Gasteiger partial charge in [-0.25, -0.2) is 0 Å². The number of aromatic nitrogens is 1. The van der Waals surface area contributed by atoms with Crippen LogP contribution in [0.4, 0.5) is 5.69 Å². The predicted molar refractivity (Wildman–Crippen MR) is 60.5 cm³/mol. The van der Waals surface area contributed by atoms with Crippen LogP contribution < -0.4 is 5.32 Å². The van der Waals surface area contributed by atoms with Crippen molar-refractivity contribution in [2.24, 2.45) is 0 Å². The Labute approximate surface area is 88.3 Å². The molecule has 4 heteroatoms. The Hall–Kier alpha value is -1.03. The van der Waals surface area contributed by atoms with Gasteiger partial charge < -0.3 is 5.32 Å². The third-order valence-electron chi connectivity index (χ3n) is 1.70. The monoisotopic (exact) mass is 210 g/mol. The van der Waals surface area contributed by atoms with E-state index >= 15 is 0 Å². The Morgan fingerprint density at radius 2 is 2.50 bits per heavy atom. The van der Waals surface area contributed by atoms with Gasteiger partial charge in [0.15, 0.2) is 0 Å². The van der Waals surface area contributed by atoms with Crippen LogP contribution >= 0.6 is 11.8 Å². The van der Waals surface area contributed by atoms with Crippen LogP contribution in [0.15, 0.2) is 24.5 Å². The first kappa shape index (κ1) is 11.0. The maximum atomic E-state index is 11.3. The van der Waals surface area contributed by atoms with Crippen LogP contribution in [0.3, 0.4) is 0 Å². The minimum Gasteiger partial charge on any atom is -0.325 e. The Bertz CT molecular complexity index is 277.